The monoisotopic (exact) mass is 321 g/mol. The van der Waals surface area contributed by atoms with Gasteiger partial charge in [0.15, 0.2) is 0 Å². The number of nitrogens with zero attached hydrogens (tertiary/aromatic N) is 3. The number of fused-ring (bicyclic) bond motifs is 1. The van der Waals surface area contributed by atoms with Gasteiger partial charge in [-0.2, -0.15) is 0 Å². The first-order chi connectivity index (χ1) is 11.7. The third-order valence-electron chi connectivity index (χ3n) is 4.05. The van der Waals surface area contributed by atoms with Gasteiger partial charge in [-0.25, -0.2) is 4.98 Å². The maximum absolute atomic E-state index is 5.31. The number of rotatable bonds is 7. The van der Waals surface area contributed by atoms with Crippen LogP contribution in [-0.2, 0) is 19.6 Å². The van der Waals surface area contributed by atoms with Crippen LogP contribution in [0.15, 0.2) is 61.2 Å². The Morgan fingerprint density at radius 1 is 1.17 bits per heavy atom. The molecule has 0 N–H and O–H groups in total. The zero-order valence-corrected chi connectivity index (χ0v) is 14.3. The number of benzene rings is 2. The summed E-state index contributed by atoms with van der Waals surface area (Å²) in [4.78, 5) is 7.09. The Morgan fingerprint density at radius 3 is 2.67 bits per heavy atom. The fraction of sp³-hybridized carbons (Fsp3) is 0.250. The Balaban J connectivity index is 1.87. The molecule has 0 aliphatic carbocycles. The van der Waals surface area contributed by atoms with E-state index in [9.17, 15) is 0 Å². The van der Waals surface area contributed by atoms with Crippen LogP contribution in [0.3, 0.4) is 0 Å². The van der Waals surface area contributed by atoms with Gasteiger partial charge in [-0.05, 0) is 24.7 Å². The van der Waals surface area contributed by atoms with Crippen molar-refractivity contribution in [3.63, 3.8) is 0 Å². The van der Waals surface area contributed by atoms with Crippen molar-refractivity contribution in [2.45, 2.75) is 19.6 Å². The number of methoxy groups -OCH3 is 1. The lowest BCUT2D eigenvalue weighted by Gasteiger charge is -2.17. The Kier molecular flexibility index (Phi) is 4.96. The maximum atomic E-state index is 5.31. The molecule has 0 atom stereocenters. The average molecular weight is 321 g/mol. The molecule has 3 aromatic rings. The van der Waals surface area contributed by atoms with E-state index in [0.717, 1.165) is 42.2 Å². The summed E-state index contributed by atoms with van der Waals surface area (Å²) in [7, 11) is 3.79. The van der Waals surface area contributed by atoms with E-state index in [1.54, 1.807) is 7.11 Å². The number of ether oxygens (including phenoxy) is 1. The first-order valence-electron chi connectivity index (χ1n) is 8.08. The van der Waals surface area contributed by atoms with E-state index in [-0.39, 0.29) is 0 Å². The van der Waals surface area contributed by atoms with Crippen molar-refractivity contribution >= 4 is 11.0 Å². The highest BCUT2D eigenvalue weighted by atomic mass is 16.5. The number of allylic oxidation sites excluding steroid dienone is 1. The van der Waals surface area contributed by atoms with Crippen LogP contribution < -0.4 is 4.74 Å². The van der Waals surface area contributed by atoms with Crippen molar-refractivity contribution in [2.75, 3.05) is 14.2 Å². The van der Waals surface area contributed by atoms with Crippen molar-refractivity contribution < 1.29 is 4.74 Å². The lowest BCUT2D eigenvalue weighted by molar-refractivity contribution is 0.307. The van der Waals surface area contributed by atoms with Crippen LogP contribution >= 0.6 is 0 Å². The zero-order chi connectivity index (χ0) is 16.9. The minimum absolute atomic E-state index is 0.747. The summed E-state index contributed by atoms with van der Waals surface area (Å²) in [5.74, 6) is 1.87. The van der Waals surface area contributed by atoms with Crippen molar-refractivity contribution in [3.05, 3.63) is 72.6 Å². The van der Waals surface area contributed by atoms with Gasteiger partial charge < -0.3 is 9.30 Å². The summed E-state index contributed by atoms with van der Waals surface area (Å²) in [6.07, 6.45) is 1.91. The molecule has 1 aromatic heterocycles. The van der Waals surface area contributed by atoms with Gasteiger partial charge in [0.25, 0.3) is 0 Å². The van der Waals surface area contributed by atoms with Gasteiger partial charge in [0.2, 0.25) is 0 Å². The molecule has 4 nitrogen and oxygen atoms in total. The smallest absolute Gasteiger partial charge is 0.124 e. The van der Waals surface area contributed by atoms with Gasteiger partial charge >= 0.3 is 0 Å². The predicted molar refractivity (Wildman–Crippen MR) is 98.1 cm³/mol. The molecule has 0 radical (unpaired) electrons. The summed E-state index contributed by atoms with van der Waals surface area (Å²) in [6.45, 7) is 6.29. The molecule has 0 unspecified atom stereocenters. The van der Waals surface area contributed by atoms with Gasteiger partial charge in [0, 0.05) is 19.2 Å². The van der Waals surface area contributed by atoms with E-state index < -0.39 is 0 Å². The summed E-state index contributed by atoms with van der Waals surface area (Å²) in [6, 6.07) is 16.5. The van der Waals surface area contributed by atoms with Crippen LogP contribution in [0.2, 0.25) is 0 Å². The standard InChI is InChI=1S/C20H23N3O/c1-4-12-23-19-11-10-17(24-3)13-18(19)21-20(23)15-22(2)14-16-8-6-5-7-9-16/h4-11,13H,1,12,14-15H2,2-3H3. The van der Waals surface area contributed by atoms with Crippen molar-refractivity contribution in [2.24, 2.45) is 0 Å². The third kappa shape index (κ3) is 3.49. The topological polar surface area (TPSA) is 30.3 Å². The van der Waals surface area contributed by atoms with Crippen LogP contribution in [0.5, 0.6) is 5.75 Å². The predicted octanol–water partition coefficient (Wildman–Crippen LogP) is 3.86. The summed E-state index contributed by atoms with van der Waals surface area (Å²) in [5.41, 5.74) is 3.37. The van der Waals surface area contributed by atoms with E-state index >= 15 is 0 Å². The molecule has 3 rings (SSSR count). The molecule has 0 bridgehead atoms. The lowest BCUT2D eigenvalue weighted by atomic mass is 10.2. The molecule has 0 saturated carbocycles. The van der Waals surface area contributed by atoms with Gasteiger partial charge in [-0.1, -0.05) is 36.4 Å². The SMILES string of the molecule is C=CCn1c(CN(C)Cc2ccccc2)nc2cc(OC)ccc21. The Labute approximate surface area is 143 Å². The molecule has 0 saturated heterocycles. The highest BCUT2D eigenvalue weighted by molar-refractivity contribution is 5.77. The van der Waals surface area contributed by atoms with Gasteiger partial charge in [-0.15, -0.1) is 6.58 Å². The molecule has 0 spiro atoms. The molecule has 124 valence electrons. The molecule has 0 aliphatic rings. The van der Waals surface area contributed by atoms with Crippen LogP contribution in [0, 0.1) is 0 Å². The lowest BCUT2D eigenvalue weighted by Crippen LogP contribution is -2.20. The fourth-order valence-electron chi connectivity index (χ4n) is 2.93. The molecule has 2 aromatic carbocycles. The fourth-order valence-corrected chi connectivity index (χ4v) is 2.93. The van der Waals surface area contributed by atoms with Crippen LogP contribution in [0.1, 0.15) is 11.4 Å². The molecule has 1 heterocycles. The van der Waals surface area contributed by atoms with Gasteiger partial charge in [0.05, 0.1) is 24.7 Å². The minimum Gasteiger partial charge on any atom is -0.497 e. The molecule has 4 heteroatoms. The van der Waals surface area contributed by atoms with Crippen molar-refractivity contribution in [1.82, 2.24) is 14.5 Å². The Morgan fingerprint density at radius 2 is 1.96 bits per heavy atom. The van der Waals surface area contributed by atoms with Gasteiger partial charge in [0.1, 0.15) is 11.6 Å². The zero-order valence-electron chi connectivity index (χ0n) is 14.3. The minimum atomic E-state index is 0.747. The number of hydrogen-bond acceptors (Lipinski definition) is 3. The van der Waals surface area contributed by atoms with Crippen LogP contribution in [-0.4, -0.2) is 28.6 Å². The van der Waals surface area contributed by atoms with E-state index in [4.69, 9.17) is 9.72 Å². The molecule has 0 fully saturated rings. The van der Waals surface area contributed by atoms with Crippen LogP contribution in [0.4, 0.5) is 0 Å². The second kappa shape index (κ2) is 7.32. The first kappa shape index (κ1) is 16.3. The van der Waals surface area contributed by atoms with Crippen molar-refractivity contribution in [3.8, 4) is 5.75 Å². The second-order valence-corrected chi connectivity index (χ2v) is 5.94. The number of imidazole rings is 1. The van der Waals surface area contributed by atoms with Crippen molar-refractivity contribution in [1.29, 1.82) is 0 Å². The quantitative estimate of drug-likeness (QED) is 0.619. The summed E-state index contributed by atoms with van der Waals surface area (Å²) in [5, 5.41) is 0. The highest BCUT2D eigenvalue weighted by Gasteiger charge is 2.13. The highest BCUT2D eigenvalue weighted by Crippen LogP contribution is 2.22. The summed E-state index contributed by atoms with van der Waals surface area (Å²) < 4.78 is 7.52. The number of aromatic nitrogens is 2. The Bertz CT molecular complexity index is 824. The van der Waals surface area contributed by atoms with E-state index in [2.05, 4.69) is 53.4 Å². The van der Waals surface area contributed by atoms with E-state index in [1.807, 2.05) is 24.3 Å². The van der Waals surface area contributed by atoms with Gasteiger partial charge in [-0.3, -0.25) is 4.90 Å². The largest absolute Gasteiger partial charge is 0.497 e. The Hall–Kier alpha value is -2.59. The molecule has 24 heavy (non-hydrogen) atoms. The molecular weight excluding hydrogens is 298 g/mol. The molecule has 0 amide bonds. The maximum Gasteiger partial charge on any atom is 0.124 e. The van der Waals surface area contributed by atoms with E-state index in [0.29, 0.717) is 0 Å². The second-order valence-electron chi connectivity index (χ2n) is 5.94. The van der Waals surface area contributed by atoms with E-state index in [1.165, 1.54) is 5.56 Å². The normalized spacial score (nSPS) is 11.1. The average Bonchev–Trinajstić information content (AvgIpc) is 2.92. The van der Waals surface area contributed by atoms with Crippen LogP contribution in [0.25, 0.3) is 11.0 Å². The molecule has 0 aliphatic heterocycles. The summed E-state index contributed by atoms with van der Waals surface area (Å²) >= 11 is 0. The molecular formula is C20H23N3O. The third-order valence-corrected chi connectivity index (χ3v) is 4.05. The number of hydrogen-bond donors (Lipinski definition) is 0. The first-order valence-corrected chi connectivity index (χ1v) is 8.08.